The van der Waals surface area contributed by atoms with Crippen LogP contribution in [0.2, 0.25) is 0 Å². The molecule has 0 aliphatic carbocycles. The van der Waals surface area contributed by atoms with Gasteiger partial charge in [-0.15, -0.1) is 0 Å². The Hall–Kier alpha value is -2.23. The van der Waals surface area contributed by atoms with Gasteiger partial charge >= 0.3 is 0 Å². The van der Waals surface area contributed by atoms with E-state index in [0.29, 0.717) is 5.56 Å². The Bertz CT molecular complexity index is 537. The minimum absolute atomic E-state index is 0.193. The lowest BCUT2D eigenvalue weighted by atomic mass is 10.1. The van der Waals surface area contributed by atoms with Crippen LogP contribution in [-0.4, -0.2) is 17.9 Å². The first-order valence-electron chi connectivity index (χ1n) is 5.14. The van der Waals surface area contributed by atoms with Crippen LogP contribution in [0.25, 0.3) is 11.1 Å². The summed E-state index contributed by atoms with van der Waals surface area (Å²) in [6.45, 7) is 0. The number of nitrogens with zero attached hydrogens (tertiary/aromatic N) is 1. The predicted molar refractivity (Wildman–Crippen MR) is 63.0 cm³/mol. The maximum absolute atomic E-state index is 12.8. The molecule has 0 atom stereocenters. The molecule has 0 radical (unpaired) electrons. The zero-order chi connectivity index (χ0) is 12.3. The molecule has 1 heterocycles. The predicted octanol–water partition coefficient (Wildman–Crippen LogP) is 2.25. The number of benzene rings is 1. The van der Waals surface area contributed by atoms with Crippen LogP contribution in [0.3, 0.4) is 0 Å². The second-order valence-electron chi connectivity index (χ2n) is 3.55. The molecule has 2 rings (SSSR count). The van der Waals surface area contributed by atoms with Gasteiger partial charge in [-0.05, 0) is 23.8 Å². The number of halogens is 1. The Labute approximate surface area is 98.3 Å². The number of carbonyl (C=O) groups excluding carboxylic acids is 1. The Morgan fingerprint density at radius 2 is 1.88 bits per heavy atom. The van der Waals surface area contributed by atoms with Crippen molar-refractivity contribution < 1.29 is 9.18 Å². The SMILES string of the molecule is CNC(=O)c1cncc(-c2ccc(F)cc2)c1. The van der Waals surface area contributed by atoms with Crippen molar-refractivity contribution in [3.8, 4) is 11.1 Å². The van der Waals surface area contributed by atoms with Gasteiger partial charge in [0.25, 0.3) is 5.91 Å². The summed E-state index contributed by atoms with van der Waals surface area (Å²) >= 11 is 0. The van der Waals surface area contributed by atoms with Crippen LogP contribution in [0.4, 0.5) is 4.39 Å². The molecule has 1 amide bonds. The molecule has 0 saturated carbocycles. The molecule has 17 heavy (non-hydrogen) atoms. The first-order chi connectivity index (χ1) is 8.20. The van der Waals surface area contributed by atoms with E-state index in [1.54, 1.807) is 31.4 Å². The zero-order valence-corrected chi connectivity index (χ0v) is 9.27. The normalized spacial score (nSPS) is 10.0. The molecule has 0 aliphatic heterocycles. The van der Waals surface area contributed by atoms with E-state index in [1.165, 1.54) is 18.3 Å². The van der Waals surface area contributed by atoms with E-state index < -0.39 is 0 Å². The molecule has 0 saturated heterocycles. The largest absolute Gasteiger partial charge is 0.355 e. The summed E-state index contributed by atoms with van der Waals surface area (Å²) in [4.78, 5) is 15.4. The Balaban J connectivity index is 2.39. The summed E-state index contributed by atoms with van der Waals surface area (Å²) in [6, 6.07) is 7.78. The average molecular weight is 230 g/mol. The minimum Gasteiger partial charge on any atom is -0.355 e. The number of carbonyl (C=O) groups is 1. The third-order valence-corrected chi connectivity index (χ3v) is 2.41. The van der Waals surface area contributed by atoms with Gasteiger partial charge in [-0.3, -0.25) is 9.78 Å². The third-order valence-electron chi connectivity index (χ3n) is 2.41. The van der Waals surface area contributed by atoms with Crippen molar-refractivity contribution in [1.29, 1.82) is 0 Å². The third kappa shape index (κ3) is 2.47. The number of hydrogen-bond acceptors (Lipinski definition) is 2. The van der Waals surface area contributed by atoms with Gasteiger partial charge in [-0.1, -0.05) is 12.1 Å². The standard InChI is InChI=1S/C13H11FN2O/c1-15-13(17)11-6-10(7-16-8-11)9-2-4-12(14)5-3-9/h2-8H,1H3,(H,15,17). The van der Waals surface area contributed by atoms with Crippen LogP contribution in [0.5, 0.6) is 0 Å². The van der Waals surface area contributed by atoms with Gasteiger partial charge in [0, 0.05) is 25.0 Å². The highest BCUT2D eigenvalue weighted by molar-refractivity contribution is 5.94. The summed E-state index contributed by atoms with van der Waals surface area (Å²) in [6.07, 6.45) is 3.13. The molecule has 0 unspecified atom stereocenters. The Morgan fingerprint density at radius 3 is 2.53 bits per heavy atom. The molecular formula is C13H11FN2O. The quantitative estimate of drug-likeness (QED) is 0.859. The highest BCUT2D eigenvalue weighted by atomic mass is 19.1. The lowest BCUT2D eigenvalue weighted by molar-refractivity contribution is 0.0963. The van der Waals surface area contributed by atoms with Crippen molar-refractivity contribution in [3.05, 3.63) is 54.1 Å². The number of hydrogen-bond donors (Lipinski definition) is 1. The minimum atomic E-state index is -0.288. The van der Waals surface area contributed by atoms with Crippen LogP contribution in [-0.2, 0) is 0 Å². The highest BCUT2D eigenvalue weighted by Crippen LogP contribution is 2.19. The van der Waals surface area contributed by atoms with Gasteiger partial charge in [0.2, 0.25) is 0 Å². The lowest BCUT2D eigenvalue weighted by Crippen LogP contribution is -2.17. The molecule has 1 N–H and O–H groups in total. The van der Waals surface area contributed by atoms with Crippen LogP contribution >= 0.6 is 0 Å². The molecule has 3 nitrogen and oxygen atoms in total. The van der Waals surface area contributed by atoms with E-state index in [4.69, 9.17) is 0 Å². The Morgan fingerprint density at radius 1 is 1.18 bits per heavy atom. The molecule has 2 aromatic rings. The summed E-state index contributed by atoms with van der Waals surface area (Å²) < 4.78 is 12.8. The molecule has 0 fully saturated rings. The van der Waals surface area contributed by atoms with Crippen molar-refractivity contribution in [3.63, 3.8) is 0 Å². The summed E-state index contributed by atoms with van der Waals surface area (Å²) in [5, 5.41) is 2.53. The molecular weight excluding hydrogens is 219 g/mol. The fourth-order valence-electron chi connectivity index (χ4n) is 1.51. The highest BCUT2D eigenvalue weighted by Gasteiger charge is 2.05. The maximum Gasteiger partial charge on any atom is 0.252 e. The van der Waals surface area contributed by atoms with Gasteiger partial charge in [0.15, 0.2) is 0 Å². The molecule has 1 aromatic carbocycles. The monoisotopic (exact) mass is 230 g/mol. The van der Waals surface area contributed by atoms with Gasteiger partial charge < -0.3 is 5.32 Å². The van der Waals surface area contributed by atoms with E-state index in [1.807, 2.05) is 0 Å². The summed E-state index contributed by atoms with van der Waals surface area (Å²) in [5.41, 5.74) is 2.09. The van der Waals surface area contributed by atoms with Crippen molar-refractivity contribution >= 4 is 5.91 Å². The van der Waals surface area contributed by atoms with Gasteiger partial charge in [0.05, 0.1) is 5.56 Å². The Kier molecular flexibility index (Phi) is 3.14. The van der Waals surface area contributed by atoms with Crippen LogP contribution < -0.4 is 5.32 Å². The van der Waals surface area contributed by atoms with E-state index >= 15 is 0 Å². The number of pyridine rings is 1. The number of nitrogens with one attached hydrogen (secondary N) is 1. The van der Waals surface area contributed by atoms with E-state index in [-0.39, 0.29) is 11.7 Å². The summed E-state index contributed by atoms with van der Waals surface area (Å²) in [5.74, 6) is -0.481. The van der Waals surface area contributed by atoms with Crippen molar-refractivity contribution in [2.24, 2.45) is 0 Å². The van der Waals surface area contributed by atoms with Crippen LogP contribution in [0.1, 0.15) is 10.4 Å². The van der Waals surface area contributed by atoms with Crippen molar-refractivity contribution in [1.82, 2.24) is 10.3 Å². The van der Waals surface area contributed by atoms with Crippen molar-refractivity contribution in [2.75, 3.05) is 7.05 Å². The van der Waals surface area contributed by atoms with E-state index in [2.05, 4.69) is 10.3 Å². The number of amides is 1. The summed E-state index contributed by atoms with van der Waals surface area (Å²) in [7, 11) is 1.56. The first kappa shape index (κ1) is 11.3. The van der Waals surface area contributed by atoms with E-state index in [0.717, 1.165) is 11.1 Å². The molecule has 0 aliphatic rings. The van der Waals surface area contributed by atoms with Gasteiger partial charge in [0.1, 0.15) is 5.82 Å². The topological polar surface area (TPSA) is 42.0 Å². The fourth-order valence-corrected chi connectivity index (χ4v) is 1.51. The second kappa shape index (κ2) is 4.74. The number of aromatic nitrogens is 1. The molecule has 4 heteroatoms. The molecule has 86 valence electrons. The maximum atomic E-state index is 12.8. The number of rotatable bonds is 2. The average Bonchev–Trinajstić information content (AvgIpc) is 2.39. The van der Waals surface area contributed by atoms with E-state index in [9.17, 15) is 9.18 Å². The molecule has 0 spiro atoms. The van der Waals surface area contributed by atoms with Gasteiger partial charge in [-0.2, -0.15) is 0 Å². The van der Waals surface area contributed by atoms with Gasteiger partial charge in [-0.25, -0.2) is 4.39 Å². The van der Waals surface area contributed by atoms with Crippen LogP contribution in [0, 0.1) is 5.82 Å². The second-order valence-corrected chi connectivity index (χ2v) is 3.55. The van der Waals surface area contributed by atoms with Crippen LogP contribution in [0.15, 0.2) is 42.7 Å². The lowest BCUT2D eigenvalue weighted by Gasteiger charge is -2.04. The van der Waals surface area contributed by atoms with Crippen molar-refractivity contribution in [2.45, 2.75) is 0 Å². The molecule has 1 aromatic heterocycles. The molecule has 0 bridgehead atoms. The fraction of sp³-hybridized carbons (Fsp3) is 0.0769. The smallest absolute Gasteiger partial charge is 0.252 e. The zero-order valence-electron chi connectivity index (χ0n) is 9.27. The first-order valence-corrected chi connectivity index (χ1v) is 5.14.